The van der Waals surface area contributed by atoms with Gasteiger partial charge in [-0.3, -0.25) is 0 Å². The third kappa shape index (κ3) is 3.61. The molecule has 0 spiro atoms. The lowest BCUT2D eigenvalue weighted by Crippen LogP contribution is -2.49. The number of hydrogen-bond donors (Lipinski definition) is 0. The van der Waals surface area contributed by atoms with E-state index in [4.69, 9.17) is 0 Å². The van der Waals surface area contributed by atoms with E-state index in [0.717, 1.165) is 22.9 Å². The minimum absolute atomic E-state index is 0. The molecule has 0 N–H and O–H groups in total. The van der Waals surface area contributed by atoms with Gasteiger partial charge in [0.1, 0.15) is 0 Å². The lowest BCUT2D eigenvalue weighted by Gasteiger charge is -2.59. The maximum absolute atomic E-state index is 2.65. The molecule has 0 aromatic carbocycles. The summed E-state index contributed by atoms with van der Waals surface area (Å²) in [6.07, 6.45) is 12.8. The molecule has 0 saturated heterocycles. The van der Waals surface area contributed by atoms with Crippen LogP contribution in [0.1, 0.15) is 38.5 Å². The monoisotopic (exact) mass is 292 g/mol. The van der Waals surface area contributed by atoms with Gasteiger partial charge in [0.15, 0.2) is 0 Å². The van der Waals surface area contributed by atoms with Gasteiger partial charge in [0.2, 0.25) is 0 Å². The molecule has 4 fully saturated rings. The van der Waals surface area contributed by atoms with E-state index >= 15 is 0 Å². The Hall–Kier alpha value is 0.990. The molecule has 1 atom stereocenters. The van der Waals surface area contributed by atoms with Crippen molar-refractivity contribution < 1.29 is 0 Å². The zero-order valence-corrected chi connectivity index (χ0v) is 14.7. The highest BCUT2D eigenvalue weighted by atomic mass is 31.1. The van der Waals surface area contributed by atoms with Crippen molar-refractivity contribution in [2.24, 2.45) is 17.8 Å². The van der Waals surface area contributed by atoms with E-state index in [0.29, 0.717) is 15.8 Å². The maximum atomic E-state index is 2.65. The molecule has 0 heterocycles. The van der Waals surface area contributed by atoms with Gasteiger partial charge in [0, 0.05) is 16.8 Å². The van der Waals surface area contributed by atoms with E-state index in [1.807, 2.05) is 0 Å². The van der Waals surface area contributed by atoms with E-state index in [-0.39, 0.29) is 16.8 Å². The first-order chi connectivity index (χ1) is 8.07. The van der Waals surface area contributed by atoms with E-state index in [1.54, 1.807) is 50.8 Å². The minimum atomic E-state index is 0. The normalized spacial score (nSPS) is 40.7. The first kappa shape index (κ1) is 18.0. The SMILES string of the molecule is CP(C)CC[P@](C)C12CC3CC(CC(C3)C1)C2.[B].[B]. The third-order valence-electron chi connectivity index (χ3n) is 5.70. The fraction of sp³-hybridized carbons (Fsp3) is 1.00. The van der Waals surface area contributed by atoms with Gasteiger partial charge in [0.25, 0.3) is 0 Å². The molecule has 0 aliphatic heterocycles. The van der Waals surface area contributed by atoms with Gasteiger partial charge in [-0.15, -0.1) is 15.8 Å². The molecule has 4 aliphatic carbocycles. The lowest BCUT2D eigenvalue weighted by molar-refractivity contribution is 0.0357. The average molecular weight is 292 g/mol. The lowest BCUT2D eigenvalue weighted by atomic mass is 9.56. The Bertz CT molecular complexity index is 259. The summed E-state index contributed by atoms with van der Waals surface area (Å²) in [5.74, 6) is 3.45. The van der Waals surface area contributed by atoms with Gasteiger partial charge in [-0.05, 0) is 93.8 Å². The molecule has 4 bridgehead atoms. The summed E-state index contributed by atoms with van der Waals surface area (Å²) < 4.78 is 0. The first-order valence-corrected chi connectivity index (χ1v) is 11.8. The Morgan fingerprint density at radius 3 is 1.58 bits per heavy atom. The Kier molecular flexibility index (Phi) is 6.49. The standard InChI is InChI=1S/C15H28P2.2B/c1-16(2)4-5-17(3)15-9-12-6-13(10-15)8-14(7-12)11-15;;/h12-14H,4-11H2,1-3H3;;/t12?,13?,14?,15?,17-;;/m0../s1. The largest absolute Gasteiger partial charge is 0.113 e. The third-order valence-corrected chi connectivity index (χ3v) is 10.2. The van der Waals surface area contributed by atoms with Crippen molar-refractivity contribution in [1.82, 2.24) is 0 Å². The molecule has 4 rings (SSSR count). The molecule has 6 radical (unpaired) electrons. The summed E-state index contributed by atoms with van der Waals surface area (Å²) in [5.41, 5.74) is 0. The molecule has 4 saturated carbocycles. The van der Waals surface area contributed by atoms with Crippen LogP contribution in [0.5, 0.6) is 0 Å². The van der Waals surface area contributed by atoms with Crippen LogP contribution in [0.25, 0.3) is 0 Å². The zero-order valence-electron chi connectivity index (χ0n) is 12.9. The van der Waals surface area contributed by atoms with Crippen LogP contribution in [0, 0.1) is 17.8 Å². The molecular weight excluding hydrogens is 264 g/mol. The van der Waals surface area contributed by atoms with Gasteiger partial charge >= 0.3 is 0 Å². The second-order valence-electron chi connectivity index (χ2n) is 7.37. The molecule has 4 heteroatoms. The van der Waals surface area contributed by atoms with Crippen LogP contribution in [0.3, 0.4) is 0 Å². The predicted molar refractivity (Wildman–Crippen MR) is 93.8 cm³/mol. The summed E-state index contributed by atoms with van der Waals surface area (Å²) >= 11 is 0. The van der Waals surface area contributed by atoms with Crippen molar-refractivity contribution in [3.8, 4) is 0 Å². The maximum Gasteiger partial charge on any atom is 0 e. The molecular formula is C15H28B2P2. The smallest absolute Gasteiger partial charge is 0 e. The van der Waals surface area contributed by atoms with Crippen LogP contribution in [0.4, 0.5) is 0 Å². The summed E-state index contributed by atoms with van der Waals surface area (Å²) in [4.78, 5) is 0. The molecule has 0 nitrogen and oxygen atoms in total. The van der Waals surface area contributed by atoms with E-state index in [2.05, 4.69) is 20.0 Å². The number of rotatable bonds is 4. The second-order valence-corrected chi connectivity index (χ2v) is 12.8. The Morgan fingerprint density at radius 2 is 1.21 bits per heavy atom. The van der Waals surface area contributed by atoms with Crippen LogP contribution in [0.15, 0.2) is 0 Å². The van der Waals surface area contributed by atoms with Crippen LogP contribution in [0.2, 0.25) is 0 Å². The van der Waals surface area contributed by atoms with Crippen LogP contribution < -0.4 is 0 Å². The molecule has 0 aromatic heterocycles. The van der Waals surface area contributed by atoms with E-state index < -0.39 is 0 Å². The number of hydrogen-bond acceptors (Lipinski definition) is 0. The Balaban J connectivity index is 0.000000902. The predicted octanol–water partition coefficient (Wildman–Crippen LogP) is 4.05. The van der Waals surface area contributed by atoms with Crippen LogP contribution in [-0.2, 0) is 0 Å². The molecule has 0 unspecified atom stereocenters. The fourth-order valence-electron chi connectivity index (χ4n) is 5.12. The summed E-state index contributed by atoms with van der Waals surface area (Å²) in [5, 5.41) is 0.870. The van der Waals surface area contributed by atoms with Crippen molar-refractivity contribution in [1.29, 1.82) is 0 Å². The van der Waals surface area contributed by atoms with Crippen LogP contribution >= 0.6 is 15.8 Å². The van der Waals surface area contributed by atoms with Crippen molar-refractivity contribution >= 4 is 32.7 Å². The topological polar surface area (TPSA) is 0 Å². The van der Waals surface area contributed by atoms with Crippen LogP contribution in [-0.4, -0.2) is 54.3 Å². The molecule has 0 amide bonds. The average Bonchev–Trinajstić information content (AvgIpc) is 2.23. The van der Waals surface area contributed by atoms with Gasteiger partial charge in [-0.1, -0.05) is 0 Å². The highest BCUT2D eigenvalue weighted by molar-refractivity contribution is 7.61. The van der Waals surface area contributed by atoms with Gasteiger partial charge in [-0.2, -0.15) is 0 Å². The first-order valence-electron chi connectivity index (χ1n) is 7.43. The molecule has 4 aliphatic rings. The summed E-state index contributed by atoms with van der Waals surface area (Å²) in [6.45, 7) is 7.57. The molecule has 19 heavy (non-hydrogen) atoms. The minimum Gasteiger partial charge on any atom is -0.113 e. The van der Waals surface area contributed by atoms with E-state index in [9.17, 15) is 0 Å². The second kappa shape index (κ2) is 6.83. The van der Waals surface area contributed by atoms with Gasteiger partial charge in [0.05, 0.1) is 0 Å². The molecule has 0 aromatic rings. The van der Waals surface area contributed by atoms with Crippen molar-refractivity contribution in [3.05, 3.63) is 0 Å². The van der Waals surface area contributed by atoms with E-state index in [1.165, 1.54) is 0 Å². The zero-order chi connectivity index (χ0) is 12.0. The quantitative estimate of drug-likeness (QED) is 0.541. The summed E-state index contributed by atoms with van der Waals surface area (Å²) in [6, 6.07) is 0. The van der Waals surface area contributed by atoms with Crippen molar-refractivity contribution in [2.45, 2.75) is 43.7 Å². The fourth-order valence-corrected chi connectivity index (χ4v) is 10.1. The van der Waals surface area contributed by atoms with Gasteiger partial charge in [-0.25, -0.2) is 0 Å². The Labute approximate surface area is 126 Å². The van der Waals surface area contributed by atoms with Crippen molar-refractivity contribution in [3.63, 3.8) is 0 Å². The molecule has 104 valence electrons. The van der Waals surface area contributed by atoms with Gasteiger partial charge < -0.3 is 0 Å². The summed E-state index contributed by atoms with van der Waals surface area (Å²) in [7, 11) is 0.671. The highest BCUT2D eigenvalue weighted by Crippen LogP contribution is 2.67. The Morgan fingerprint density at radius 1 is 0.789 bits per heavy atom. The van der Waals surface area contributed by atoms with Crippen molar-refractivity contribution in [2.75, 3.05) is 32.3 Å². The highest BCUT2D eigenvalue weighted by Gasteiger charge is 2.52.